The Balaban J connectivity index is 2.21. The van der Waals surface area contributed by atoms with Gasteiger partial charge >= 0.3 is 5.97 Å². The highest BCUT2D eigenvalue weighted by atomic mass is 16.5. The fourth-order valence-electron chi connectivity index (χ4n) is 1.36. The second kappa shape index (κ2) is 3.22. The highest BCUT2D eigenvalue weighted by molar-refractivity contribution is 5.75. The molecule has 0 aromatic carbocycles. The van der Waals surface area contributed by atoms with Crippen LogP contribution in [0.1, 0.15) is 6.42 Å². The minimum absolute atomic E-state index is 0.0446. The number of esters is 1. The second-order valence-electron chi connectivity index (χ2n) is 3.39. The van der Waals surface area contributed by atoms with Crippen molar-refractivity contribution in [2.24, 2.45) is 11.8 Å². The molecular weight excluding hydrogens is 142 g/mol. The first kappa shape index (κ1) is 8.53. The monoisotopic (exact) mass is 157 g/mol. The van der Waals surface area contributed by atoms with Crippen LogP contribution in [0.3, 0.4) is 0 Å². The molecule has 1 aliphatic carbocycles. The molecule has 0 N–H and O–H groups in total. The lowest BCUT2D eigenvalue weighted by molar-refractivity contribution is -0.142. The zero-order valence-corrected chi connectivity index (χ0v) is 7.33. The molecule has 0 heterocycles. The van der Waals surface area contributed by atoms with E-state index in [1.54, 1.807) is 0 Å². The Morgan fingerprint density at radius 1 is 1.64 bits per heavy atom. The maximum atomic E-state index is 10.9. The topological polar surface area (TPSA) is 29.5 Å². The zero-order valence-electron chi connectivity index (χ0n) is 7.33. The Labute approximate surface area is 67.3 Å². The van der Waals surface area contributed by atoms with E-state index in [0.29, 0.717) is 5.92 Å². The van der Waals surface area contributed by atoms with Gasteiger partial charge in [0.25, 0.3) is 0 Å². The quantitative estimate of drug-likeness (QED) is 0.554. The number of rotatable bonds is 3. The number of methoxy groups -OCH3 is 1. The van der Waals surface area contributed by atoms with E-state index in [1.165, 1.54) is 7.11 Å². The molecule has 2 atom stereocenters. The third-order valence-electron chi connectivity index (χ3n) is 2.03. The van der Waals surface area contributed by atoms with Crippen molar-refractivity contribution in [3.05, 3.63) is 0 Å². The molecule has 0 aliphatic heterocycles. The van der Waals surface area contributed by atoms with Crippen molar-refractivity contribution >= 4 is 5.97 Å². The van der Waals surface area contributed by atoms with E-state index in [1.807, 2.05) is 14.1 Å². The van der Waals surface area contributed by atoms with E-state index in [0.717, 1.165) is 13.0 Å². The summed E-state index contributed by atoms with van der Waals surface area (Å²) in [6.07, 6.45) is 1.00. The highest BCUT2D eigenvalue weighted by Crippen LogP contribution is 2.39. The number of carbonyl (C=O) groups is 1. The summed E-state index contributed by atoms with van der Waals surface area (Å²) in [5, 5.41) is 0. The van der Waals surface area contributed by atoms with Crippen LogP contribution in [-0.2, 0) is 9.53 Å². The molecule has 0 spiro atoms. The lowest BCUT2D eigenvalue weighted by atomic mass is 10.3. The first-order valence-corrected chi connectivity index (χ1v) is 3.87. The van der Waals surface area contributed by atoms with E-state index in [2.05, 4.69) is 9.64 Å². The molecule has 0 aromatic heterocycles. The van der Waals surface area contributed by atoms with Gasteiger partial charge in [-0.05, 0) is 26.4 Å². The van der Waals surface area contributed by atoms with Gasteiger partial charge in [-0.1, -0.05) is 0 Å². The summed E-state index contributed by atoms with van der Waals surface area (Å²) < 4.78 is 4.63. The fraction of sp³-hybridized carbons (Fsp3) is 0.875. The van der Waals surface area contributed by atoms with Crippen molar-refractivity contribution in [3.8, 4) is 0 Å². The third-order valence-corrected chi connectivity index (χ3v) is 2.03. The fourth-order valence-corrected chi connectivity index (χ4v) is 1.36. The summed E-state index contributed by atoms with van der Waals surface area (Å²) in [4.78, 5) is 13.0. The van der Waals surface area contributed by atoms with Crippen LogP contribution < -0.4 is 0 Å². The number of ether oxygens (including phenoxy) is 1. The van der Waals surface area contributed by atoms with Crippen LogP contribution in [0.25, 0.3) is 0 Å². The third kappa shape index (κ3) is 2.19. The second-order valence-corrected chi connectivity index (χ2v) is 3.39. The minimum Gasteiger partial charge on any atom is -0.469 e. The summed E-state index contributed by atoms with van der Waals surface area (Å²) in [6.45, 7) is 1.000. The van der Waals surface area contributed by atoms with Crippen LogP contribution in [0.15, 0.2) is 0 Å². The van der Waals surface area contributed by atoms with Crippen LogP contribution >= 0.6 is 0 Å². The van der Waals surface area contributed by atoms with Gasteiger partial charge in [0.05, 0.1) is 13.0 Å². The van der Waals surface area contributed by atoms with Gasteiger partial charge in [0.1, 0.15) is 0 Å². The van der Waals surface area contributed by atoms with Crippen LogP contribution in [0.2, 0.25) is 0 Å². The SMILES string of the molecule is COC(=O)C1CC1CN(C)C. The predicted octanol–water partition coefficient (Wildman–Crippen LogP) is 0.357. The van der Waals surface area contributed by atoms with Crippen molar-refractivity contribution in [1.82, 2.24) is 4.90 Å². The molecule has 0 radical (unpaired) electrons. The van der Waals surface area contributed by atoms with Gasteiger partial charge in [-0.15, -0.1) is 0 Å². The van der Waals surface area contributed by atoms with Crippen molar-refractivity contribution < 1.29 is 9.53 Å². The lowest BCUT2D eigenvalue weighted by Gasteiger charge is -2.07. The standard InChI is InChI=1S/C8H15NO2/c1-9(2)5-6-4-7(6)8(10)11-3/h6-7H,4-5H2,1-3H3. The number of nitrogens with zero attached hydrogens (tertiary/aromatic N) is 1. The molecule has 1 saturated carbocycles. The van der Waals surface area contributed by atoms with Gasteiger partial charge in [0, 0.05) is 6.54 Å². The summed E-state index contributed by atoms with van der Waals surface area (Å²) in [7, 11) is 5.49. The zero-order chi connectivity index (χ0) is 8.43. The van der Waals surface area contributed by atoms with Gasteiger partial charge in [-0.25, -0.2) is 0 Å². The molecular formula is C8H15NO2. The van der Waals surface area contributed by atoms with E-state index in [9.17, 15) is 4.79 Å². The Kier molecular flexibility index (Phi) is 2.49. The molecule has 0 bridgehead atoms. The normalized spacial score (nSPS) is 28.7. The largest absolute Gasteiger partial charge is 0.469 e. The molecule has 3 heteroatoms. The smallest absolute Gasteiger partial charge is 0.308 e. The van der Waals surface area contributed by atoms with Crippen LogP contribution in [0, 0.1) is 11.8 Å². The highest BCUT2D eigenvalue weighted by Gasteiger charge is 2.43. The van der Waals surface area contributed by atoms with Gasteiger partial charge in [0.15, 0.2) is 0 Å². The Morgan fingerprint density at radius 3 is 2.73 bits per heavy atom. The van der Waals surface area contributed by atoms with E-state index >= 15 is 0 Å². The number of carbonyl (C=O) groups excluding carboxylic acids is 1. The lowest BCUT2D eigenvalue weighted by Crippen LogP contribution is -2.17. The maximum absolute atomic E-state index is 10.9. The average Bonchev–Trinajstić information content (AvgIpc) is 2.65. The van der Waals surface area contributed by atoms with Crippen molar-refractivity contribution in [1.29, 1.82) is 0 Å². The summed E-state index contributed by atoms with van der Waals surface area (Å²) >= 11 is 0. The molecule has 1 aliphatic rings. The number of hydrogen-bond donors (Lipinski definition) is 0. The molecule has 1 fully saturated rings. The maximum Gasteiger partial charge on any atom is 0.308 e. The summed E-state index contributed by atoms with van der Waals surface area (Å²) in [5.41, 5.74) is 0. The first-order valence-electron chi connectivity index (χ1n) is 3.87. The van der Waals surface area contributed by atoms with E-state index < -0.39 is 0 Å². The van der Waals surface area contributed by atoms with Crippen molar-refractivity contribution in [3.63, 3.8) is 0 Å². The number of hydrogen-bond acceptors (Lipinski definition) is 3. The molecule has 3 nitrogen and oxygen atoms in total. The van der Waals surface area contributed by atoms with Crippen molar-refractivity contribution in [2.75, 3.05) is 27.7 Å². The van der Waals surface area contributed by atoms with Gasteiger partial charge in [0.2, 0.25) is 0 Å². The summed E-state index contributed by atoms with van der Waals surface area (Å²) in [6, 6.07) is 0. The van der Waals surface area contributed by atoms with Crippen LogP contribution in [0.4, 0.5) is 0 Å². The summed E-state index contributed by atoms with van der Waals surface area (Å²) in [5.74, 6) is 0.677. The van der Waals surface area contributed by atoms with E-state index in [4.69, 9.17) is 0 Å². The minimum atomic E-state index is -0.0446. The van der Waals surface area contributed by atoms with Gasteiger partial charge in [-0.3, -0.25) is 4.79 Å². The van der Waals surface area contributed by atoms with Crippen molar-refractivity contribution in [2.45, 2.75) is 6.42 Å². The molecule has 0 aromatic rings. The molecule has 1 rings (SSSR count). The Bertz CT molecular complexity index is 156. The first-order chi connectivity index (χ1) is 5.15. The Morgan fingerprint density at radius 2 is 2.27 bits per heavy atom. The molecule has 11 heavy (non-hydrogen) atoms. The predicted molar refractivity (Wildman–Crippen MR) is 42.2 cm³/mol. The average molecular weight is 157 g/mol. The molecule has 0 amide bonds. The van der Waals surface area contributed by atoms with Crippen LogP contribution in [-0.4, -0.2) is 38.6 Å². The van der Waals surface area contributed by atoms with Crippen LogP contribution in [0.5, 0.6) is 0 Å². The molecule has 64 valence electrons. The molecule has 2 unspecified atom stereocenters. The van der Waals surface area contributed by atoms with Gasteiger partial charge < -0.3 is 9.64 Å². The Hall–Kier alpha value is -0.570. The van der Waals surface area contributed by atoms with Gasteiger partial charge in [-0.2, -0.15) is 0 Å². The molecule has 0 saturated heterocycles. The van der Waals surface area contributed by atoms with E-state index in [-0.39, 0.29) is 11.9 Å².